The van der Waals surface area contributed by atoms with Crippen molar-refractivity contribution < 1.29 is 19.1 Å². The fraction of sp³-hybridized carbons (Fsp3) is 0.846. The van der Waals surface area contributed by atoms with E-state index in [1.165, 1.54) is 0 Å². The minimum Gasteiger partial charge on any atom is -0.466 e. The van der Waals surface area contributed by atoms with Gasteiger partial charge in [0.15, 0.2) is 0 Å². The Bertz CT molecular complexity index is 374. The highest BCUT2D eigenvalue weighted by atomic mass is 16.6. The Kier molecular flexibility index (Phi) is 3.03. The standard InChI is InChI=1S/C13H21NO4/c1-5-17-10(15)13-6-9(13)7-14(8-13)11(16)18-12(2,3)4/h9H,5-8H2,1-4H3/t9?,13-/m1/s1. The normalized spacial score (nSPS) is 29.8. The largest absolute Gasteiger partial charge is 0.466 e. The maximum absolute atomic E-state index is 11.9. The van der Waals surface area contributed by atoms with E-state index in [1.54, 1.807) is 11.8 Å². The van der Waals surface area contributed by atoms with Crippen LogP contribution in [0, 0.1) is 11.3 Å². The Morgan fingerprint density at radius 1 is 1.39 bits per heavy atom. The topological polar surface area (TPSA) is 55.8 Å². The quantitative estimate of drug-likeness (QED) is 0.706. The molecule has 5 nitrogen and oxygen atoms in total. The van der Waals surface area contributed by atoms with E-state index in [0.717, 1.165) is 6.42 Å². The molecule has 0 aromatic carbocycles. The number of hydrogen-bond donors (Lipinski definition) is 0. The van der Waals surface area contributed by atoms with Crippen molar-refractivity contribution in [1.29, 1.82) is 0 Å². The summed E-state index contributed by atoms with van der Waals surface area (Å²) in [6.45, 7) is 8.74. The van der Waals surface area contributed by atoms with Crippen molar-refractivity contribution in [1.82, 2.24) is 4.90 Å². The molecule has 0 radical (unpaired) electrons. The Labute approximate surface area is 107 Å². The second-order valence-corrected chi connectivity index (χ2v) is 6.14. The monoisotopic (exact) mass is 255 g/mol. The van der Waals surface area contributed by atoms with E-state index in [-0.39, 0.29) is 18.0 Å². The molecule has 1 saturated heterocycles. The van der Waals surface area contributed by atoms with Gasteiger partial charge in [-0.2, -0.15) is 0 Å². The molecule has 1 aliphatic heterocycles. The summed E-state index contributed by atoms with van der Waals surface area (Å²) in [7, 11) is 0. The highest BCUT2D eigenvalue weighted by Gasteiger charge is 2.67. The number of hydrogen-bond acceptors (Lipinski definition) is 4. The molecule has 2 rings (SSSR count). The van der Waals surface area contributed by atoms with Crippen LogP contribution in [0.5, 0.6) is 0 Å². The average Bonchev–Trinajstić information content (AvgIpc) is 2.80. The van der Waals surface area contributed by atoms with Gasteiger partial charge in [0.1, 0.15) is 5.60 Å². The number of nitrogens with zero attached hydrogens (tertiary/aromatic N) is 1. The first-order valence-corrected chi connectivity index (χ1v) is 6.43. The van der Waals surface area contributed by atoms with Crippen molar-refractivity contribution in [3.63, 3.8) is 0 Å². The molecule has 0 aromatic heterocycles. The number of piperidine rings is 1. The van der Waals surface area contributed by atoms with Gasteiger partial charge >= 0.3 is 12.1 Å². The smallest absolute Gasteiger partial charge is 0.410 e. The fourth-order valence-electron chi connectivity index (χ4n) is 2.54. The molecule has 102 valence electrons. The van der Waals surface area contributed by atoms with Crippen molar-refractivity contribution >= 4 is 12.1 Å². The van der Waals surface area contributed by atoms with Gasteiger partial charge in [-0.1, -0.05) is 0 Å². The first-order valence-electron chi connectivity index (χ1n) is 6.43. The van der Waals surface area contributed by atoms with Crippen LogP contribution in [0.4, 0.5) is 4.79 Å². The molecule has 0 spiro atoms. The van der Waals surface area contributed by atoms with Crippen LogP contribution in [0.25, 0.3) is 0 Å². The van der Waals surface area contributed by atoms with E-state index in [0.29, 0.717) is 19.7 Å². The highest BCUT2D eigenvalue weighted by Crippen LogP contribution is 2.58. The van der Waals surface area contributed by atoms with Crippen LogP contribution < -0.4 is 0 Å². The second-order valence-electron chi connectivity index (χ2n) is 6.14. The Morgan fingerprint density at radius 3 is 2.61 bits per heavy atom. The molecule has 1 heterocycles. The van der Waals surface area contributed by atoms with Crippen molar-refractivity contribution in [3.05, 3.63) is 0 Å². The molecule has 18 heavy (non-hydrogen) atoms. The molecule has 1 unspecified atom stereocenters. The summed E-state index contributed by atoms with van der Waals surface area (Å²) in [4.78, 5) is 25.4. The van der Waals surface area contributed by atoms with E-state index in [9.17, 15) is 9.59 Å². The lowest BCUT2D eigenvalue weighted by Crippen LogP contribution is -2.38. The van der Waals surface area contributed by atoms with Gasteiger partial charge in [-0.3, -0.25) is 4.79 Å². The van der Waals surface area contributed by atoms with Gasteiger partial charge in [0.05, 0.1) is 12.0 Å². The Morgan fingerprint density at radius 2 is 2.06 bits per heavy atom. The lowest BCUT2D eigenvalue weighted by Gasteiger charge is -2.26. The minimum atomic E-state index is -0.499. The Hall–Kier alpha value is -1.26. The number of amides is 1. The van der Waals surface area contributed by atoms with Crippen LogP contribution in [0.3, 0.4) is 0 Å². The summed E-state index contributed by atoms with van der Waals surface area (Å²) < 4.78 is 10.4. The predicted molar refractivity (Wildman–Crippen MR) is 65.0 cm³/mol. The van der Waals surface area contributed by atoms with Crippen LogP contribution in [-0.2, 0) is 14.3 Å². The van der Waals surface area contributed by atoms with Crippen molar-refractivity contribution in [2.75, 3.05) is 19.7 Å². The molecule has 0 N–H and O–H groups in total. The van der Waals surface area contributed by atoms with Gasteiger partial charge in [0.2, 0.25) is 0 Å². The van der Waals surface area contributed by atoms with Gasteiger partial charge < -0.3 is 14.4 Å². The van der Waals surface area contributed by atoms with Gasteiger partial charge in [-0.25, -0.2) is 4.79 Å². The molecule has 1 aliphatic carbocycles. The van der Waals surface area contributed by atoms with Crippen LogP contribution in [-0.4, -0.2) is 42.3 Å². The van der Waals surface area contributed by atoms with E-state index in [1.807, 2.05) is 20.8 Å². The summed E-state index contributed by atoms with van der Waals surface area (Å²) in [6.07, 6.45) is 0.504. The SMILES string of the molecule is CCOC(=O)[C@@]12CC1CN(C(=O)OC(C)(C)C)C2. The summed E-state index contributed by atoms with van der Waals surface area (Å²) >= 11 is 0. The minimum absolute atomic E-state index is 0.166. The maximum Gasteiger partial charge on any atom is 0.410 e. The summed E-state index contributed by atoms with van der Waals surface area (Å²) in [5.41, 5.74) is -0.937. The second kappa shape index (κ2) is 4.14. The van der Waals surface area contributed by atoms with Gasteiger partial charge in [-0.15, -0.1) is 0 Å². The summed E-state index contributed by atoms with van der Waals surface area (Å²) in [5.74, 6) is 0.0881. The van der Waals surface area contributed by atoms with Gasteiger partial charge in [0, 0.05) is 13.1 Å². The molecule has 5 heteroatoms. The molecule has 1 amide bonds. The zero-order valence-electron chi connectivity index (χ0n) is 11.5. The lowest BCUT2D eigenvalue weighted by molar-refractivity contribution is -0.149. The first-order chi connectivity index (χ1) is 8.28. The van der Waals surface area contributed by atoms with Crippen LogP contribution in [0.2, 0.25) is 0 Å². The zero-order valence-corrected chi connectivity index (χ0v) is 11.5. The third kappa shape index (κ3) is 2.31. The number of esters is 1. The molecule has 0 bridgehead atoms. The molecule has 0 aromatic rings. The van der Waals surface area contributed by atoms with E-state index >= 15 is 0 Å². The first kappa shape index (κ1) is 13.2. The Balaban J connectivity index is 1.94. The number of rotatable bonds is 2. The van der Waals surface area contributed by atoms with E-state index in [2.05, 4.69) is 0 Å². The van der Waals surface area contributed by atoms with Crippen LogP contribution in [0.1, 0.15) is 34.1 Å². The third-order valence-corrected chi connectivity index (χ3v) is 3.48. The number of likely N-dealkylation sites (tertiary alicyclic amines) is 1. The van der Waals surface area contributed by atoms with E-state index < -0.39 is 11.0 Å². The van der Waals surface area contributed by atoms with E-state index in [4.69, 9.17) is 9.47 Å². The van der Waals surface area contributed by atoms with Crippen molar-refractivity contribution in [2.24, 2.45) is 11.3 Å². The zero-order chi connectivity index (χ0) is 13.6. The third-order valence-electron chi connectivity index (χ3n) is 3.48. The summed E-state index contributed by atoms with van der Waals surface area (Å²) in [6, 6.07) is 0. The average molecular weight is 255 g/mol. The molecular formula is C13H21NO4. The molecule has 2 fully saturated rings. The van der Waals surface area contributed by atoms with Gasteiger partial charge in [-0.05, 0) is 40.0 Å². The molecule has 2 atom stereocenters. The number of carbonyl (C=O) groups excluding carboxylic acids is 2. The van der Waals surface area contributed by atoms with Crippen molar-refractivity contribution in [2.45, 2.75) is 39.7 Å². The number of ether oxygens (including phenoxy) is 2. The maximum atomic E-state index is 11.9. The fourth-order valence-corrected chi connectivity index (χ4v) is 2.54. The molecule has 2 aliphatic rings. The number of fused-ring (bicyclic) bond motifs is 1. The van der Waals surface area contributed by atoms with Crippen LogP contribution >= 0.6 is 0 Å². The van der Waals surface area contributed by atoms with Gasteiger partial charge in [0.25, 0.3) is 0 Å². The predicted octanol–water partition coefficient (Wildman–Crippen LogP) is 1.81. The highest BCUT2D eigenvalue weighted by molar-refractivity contribution is 5.83. The lowest BCUT2D eigenvalue weighted by atomic mass is 10.1. The molecule has 1 saturated carbocycles. The molecular weight excluding hydrogens is 234 g/mol. The van der Waals surface area contributed by atoms with Crippen molar-refractivity contribution in [3.8, 4) is 0 Å². The number of carbonyl (C=O) groups is 2. The summed E-state index contributed by atoms with van der Waals surface area (Å²) in [5, 5.41) is 0. The van der Waals surface area contributed by atoms with Crippen LogP contribution in [0.15, 0.2) is 0 Å².